The summed E-state index contributed by atoms with van der Waals surface area (Å²) >= 11 is 0. The van der Waals surface area contributed by atoms with Crippen molar-refractivity contribution in [2.24, 2.45) is 0 Å². The third-order valence-electron chi connectivity index (χ3n) is 1.53. The number of unbranched alkanes of at least 4 members (excludes halogenated alkanes) is 1. The quantitative estimate of drug-likeness (QED) is 0.511. The highest BCUT2D eigenvalue weighted by atomic mass is 14.1. The number of hydrogen-bond acceptors (Lipinski definition) is 0. The number of allylic oxidation sites excluding steroid dienone is 2. The molecule has 0 aromatic carbocycles. The molecule has 0 saturated heterocycles. The molecule has 45 valence electrons. The zero-order valence-electron chi connectivity index (χ0n) is 5.48. The van der Waals surface area contributed by atoms with Crippen LogP contribution >= 0.6 is 0 Å². The summed E-state index contributed by atoms with van der Waals surface area (Å²) in [4.78, 5) is 0. The van der Waals surface area contributed by atoms with Crippen molar-refractivity contribution in [3.63, 3.8) is 0 Å². The Morgan fingerprint density at radius 2 is 2.50 bits per heavy atom. The highest BCUT2D eigenvalue weighted by molar-refractivity contribution is 5.21. The molecule has 0 nitrogen and oxygen atoms in total. The lowest BCUT2D eigenvalue weighted by Gasteiger charge is -2.14. The van der Waals surface area contributed by atoms with E-state index in [2.05, 4.69) is 19.4 Å². The molecule has 1 aliphatic rings. The van der Waals surface area contributed by atoms with Crippen molar-refractivity contribution in [1.29, 1.82) is 0 Å². The summed E-state index contributed by atoms with van der Waals surface area (Å²) in [6.07, 6.45) is 9.87. The molecular formula is C8H13. The molecule has 0 atom stereocenters. The van der Waals surface area contributed by atoms with Crippen LogP contribution in [0.15, 0.2) is 11.6 Å². The van der Waals surface area contributed by atoms with Gasteiger partial charge in [0.25, 0.3) is 0 Å². The van der Waals surface area contributed by atoms with Gasteiger partial charge in [0.15, 0.2) is 0 Å². The van der Waals surface area contributed by atoms with Gasteiger partial charge in [0, 0.05) is 0 Å². The number of rotatable bonds is 2. The smallest absolute Gasteiger partial charge is 0.0134 e. The van der Waals surface area contributed by atoms with E-state index in [1.54, 1.807) is 5.57 Å². The van der Waals surface area contributed by atoms with Gasteiger partial charge in [-0.1, -0.05) is 25.0 Å². The summed E-state index contributed by atoms with van der Waals surface area (Å²) in [6.45, 7) is 2.22. The maximum Gasteiger partial charge on any atom is -0.0134 e. The van der Waals surface area contributed by atoms with E-state index in [0.717, 1.165) is 0 Å². The normalized spacial score (nSPS) is 23.4. The summed E-state index contributed by atoms with van der Waals surface area (Å²) in [6, 6.07) is 0. The molecule has 0 bridgehead atoms. The van der Waals surface area contributed by atoms with E-state index in [4.69, 9.17) is 0 Å². The van der Waals surface area contributed by atoms with E-state index in [1.807, 2.05) is 0 Å². The maximum absolute atomic E-state index is 2.35. The van der Waals surface area contributed by atoms with Crippen LogP contribution in [0.4, 0.5) is 0 Å². The fourth-order valence-electron chi connectivity index (χ4n) is 0.826. The van der Waals surface area contributed by atoms with Crippen LogP contribution in [0.1, 0.15) is 32.6 Å². The second-order valence-corrected chi connectivity index (χ2v) is 2.31. The first-order chi connectivity index (χ1) is 3.93. The Hall–Kier alpha value is -0.260. The fraction of sp³-hybridized carbons (Fsp3) is 0.625. The summed E-state index contributed by atoms with van der Waals surface area (Å²) < 4.78 is 0. The molecule has 0 heterocycles. The third kappa shape index (κ3) is 1.36. The average molecular weight is 109 g/mol. The Bertz CT molecular complexity index is 84.2. The third-order valence-corrected chi connectivity index (χ3v) is 1.53. The average Bonchev–Trinajstić information content (AvgIpc) is 1.63. The van der Waals surface area contributed by atoms with Crippen LogP contribution in [0.3, 0.4) is 0 Å². The minimum Gasteiger partial charge on any atom is -0.0850 e. The Balaban J connectivity index is 2.11. The first-order valence-corrected chi connectivity index (χ1v) is 3.45. The van der Waals surface area contributed by atoms with Crippen LogP contribution in [0, 0.1) is 6.42 Å². The molecule has 0 N–H and O–H groups in total. The van der Waals surface area contributed by atoms with Gasteiger partial charge in [-0.3, -0.25) is 0 Å². The molecule has 1 saturated carbocycles. The molecule has 8 heavy (non-hydrogen) atoms. The summed E-state index contributed by atoms with van der Waals surface area (Å²) in [5.41, 5.74) is 1.58. The van der Waals surface area contributed by atoms with Gasteiger partial charge < -0.3 is 0 Å². The molecule has 1 rings (SSSR count). The predicted octanol–water partition coefficient (Wildman–Crippen LogP) is 2.71. The van der Waals surface area contributed by atoms with E-state index in [9.17, 15) is 0 Å². The molecule has 0 heteroatoms. The van der Waals surface area contributed by atoms with E-state index in [0.29, 0.717) is 0 Å². The zero-order chi connectivity index (χ0) is 5.82. The summed E-state index contributed by atoms with van der Waals surface area (Å²) in [5, 5.41) is 0. The van der Waals surface area contributed by atoms with Crippen LogP contribution in [0.2, 0.25) is 0 Å². The lowest BCUT2D eigenvalue weighted by molar-refractivity contribution is 0.797. The minimum atomic E-state index is 1.27. The Morgan fingerprint density at radius 1 is 1.75 bits per heavy atom. The van der Waals surface area contributed by atoms with Gasteiger partial charge >= 0.3 is 0 Å². The van der Waals surface area contributed by atoms with Gasteiger partial charge in [-0.2, -0.15) is 0 Å². The Morgan fingerprint density at radius 3 is 2.88 bits per heavy atom. The van der Waals surface area contributed by atoms with Gasteiger partial charge in [-0.25, -0.2) is 0 Å². The molecule has 0 unspecified atom stereocenters. The van der Waals surface area contributed by atoms with E-state index in [1.165, 1.54) is 25.7 Å². The molecule has 1 fully saturated rings. The Kier molecular flexibility index (Phi) is 2.13. The van der Waals surface area contributed by atoms with Gasteiger partial charge in [-0.05, 0) is 25.7 Å². The highest BCUT2D eigenvalue weighted by Gasteiger charge is 2.06. The summed E-state index contributed by atoms with van der Waals surface area (Å²) in [7, 11) is 0. The summed E-state index contributed by atoms with van der Waals surface area (Å²) in [5.74, 6) is 0. The monoisotopic (exact) mass is 109 g/mol. The van der Waals surface area contributed by atoms with Crippen molar-refractivity contribution in [3.8, 4) is 0 Å². The van der Waals surface area contributed by atoms with Gasteiger partial charge in [-0.15, -0.1) is 0 Å². The first-order valence-electron chi connectivity index (χ1n) is 3.45. The van der Waals surface area contributed by atoms with Gasteiger partial charge in [0.2, 0.25) is 0 Å². The minimum absolute atomic E-state index is 1.27. The van der Waals surface area contributed by atoms with Crippen LogP contribution in [-0.2, 0) is 0 Å². The molecule has 1 aliphatic carbocycles. The van der Waals surface area contributed by atoms with Gasteiger partial charge in [0.05, 0.1) is 0 Å². The second-order valence-electron chi connectivity index (χ2n) is 2.31. The van der Waals surface area contributed by atoms with Crippen molar-refractivity contribution in [3.05, 3.63) is 18.1 Å². The van der Waals surface area contributed by atoms with Crippen LogP contribution in [0.5, 0.6) is 0 Å². The van der Waals surface area contributed by atoms with Crippen LogP contribution in [-0.4, -0.2) is 0 Å². The predicted molar refractivity (Wildman–Crippen MR) is 36.5 cm³/mol. The van der Waals surface area contributed by atoms with Crippen molar-refractivity contribution < 1.29 is 0 Å². The van der Waals surface area contributed by atoms with Crippen molar-refractivity contribution in [2.45, 2.75) is 32.6 Å². The van der Waals surface area contributed by atoms with Crippen LogP contribution < -0.4 is 0 Å². The van der Waals surface area contributed by atoms with E-state index in [-0.39, 0.29) is 0 Å². The topological polar surface area (TPSA) is 0 Å². The first kappa shape index (κ1) is 5.87. The lowest BCUT2D eigenvalue weighted by Crippen LogP contribution is -1.96. The van der Waals surface area contributed by atoms with Crippen molar-refractivity contribution in [1.82, 2.24) is 0 Å². The van der Waals surface area contributed by atoms with Crippen molar-refractivity contribution >= 4 is 0 Å². The zero-order valence-corrected chi connectivity index (χ0v) is 5.48. The lowest BCUT2D eigenvalue weighted by atomic mass is 9.91. The molecule has 0 aromatic rings. The van der Waals surface area contributed by atoms with Gasteiger partial charge in [0.1, 0.15) is 0 Å². The van der Waals surface area contributed by atoms with Crippen molar-refractivity contribution in [2.75, 3.05) is 0 Å². The van der Waals surface area contributed by atoms with E-state index >= 15 is 0 Å². The Labute approximate surface area is 51.6 Å². The fourth-order valence-corrected chi connectivity index (χ4v) is 0.826. The maximum atomic E-state index is 2.35. The highest BCUT2D eigenvalue weighted by Crippen LogP contribution is 2.24. The second kappa shape index (κ2) is 2.91. The van der Waals surface area contributed by atoms with E-state index < -0.39 is 0 Å². The molecular weight excluding hydrogens is 96.1 g/mol. The largest absolute Gasteiger partial charge is 0.0850 e. The number of hydrogen-bond donors (Lipinski definition) is 0. The molecule has 0 aromatic heterocycles. The molecule has 0 spiro atoms. The molecule has 0 aliphatic heterocycles. The SMILES string of the molecule is CCCC=C1[CH]CC1. The molecule has 1 radical (unpaired) electrons. The standard InChI is InChI=1S/C8H13/c1-2-3-5-8-6-4-7-8/h5-6H,2-4,7H2,1H3. The van der Waals surface area contributed by atoms with Crippen LogP contribution in [0.25, 0.3) is 0 Å². The molecule has 0 amide bonds.